The molecule has 0 bridgehead atoms. The van der Waals surface area contributed by atoms with Crippen molar-refractivity contribution in [2.75, 3.05) is 19.8 Å². The summed E-state index contributed by atoms with van der Waals surface area (Å²) in [7, 11) is 0. The van der Waals surface area contributed by atoms with Gasteiger partial charge in [0.05, 0.1) is 6.67 Å². The standard InChI is InChI=1S/C9H18FN/c1-9(2,3)11-5-4-8(6-10)7-11/h8H,4-7H2,1-3H3/t8-/m1/s1. The fraction of sp³-hybridized carbons (Fsp3) is 1.00. The third-order valence-corrected chi connectivity index (χ3v) is 2.45. The van der Waals surface area contributed by atoms with E-state index in [1.807, 2.05) is 0 Å². The molecule has 2 heteroatoms. The normalized spacial score (nSPS) is 27.8. The van der Waals surface area contributed by atoms with Crippen molar-refractivity contribution in [2.45, 2.75) is 32.7 Å². The molecule has 0 aromatic carbocycles. The second kappa shape index (κ2) is 3.10. The first-order chi connectivity index (χ1) is 5.04. The molecule has 0 saturated carbocycles. The van der Waals surface area contributed by atoms with Crippen molar-refractivity contribution in [2.24, 2.45) is 5.92 Å². The molecule has 66 valence electrons. The van der Waals surface area contributed by atoms with Crippen LogP contribution in [0.25, 0.3) is 0 Å². The molecule has 1 atom stereocenters. The lowest BCUT2D eigenvalue weighted by molar-refractivity contribution is 0.165. The van der Waals surface area contributed by atoms with Gasteiger partial charge in [-0.25, -0.2) is 0 Å². The van der Waals surface area contributed by atoms with Crippen LogP contribution in [0.2, 0.25) is 0 Å². The summed E-state index contributed by atoms with van der Waals surface area (Å²) in [6.45, 7) is 8.43. The van der Waals surface area contributed by atoms with Crippen LogP contribution in [0.3, 0.4) is 0 Å². The molecule has 0 spiro atoms. The second-order valence-electron chi connectivity index (χ2n) is 4.43. The molecular weight excluding hydrogens is 141 g/mol. The van der Waals surface area contributed by atoms with E-state index in [1.165, 1.54) is 0 Å². The zero-order valence-corrected chi connectivity index (χ0v) is 7.73. The lowest BCUT2D eigenvalue weighted by atomic mass is 10.1. The number of rotatable bonds is 1. The van der Waals surface area contributed by atoms with E-state index < -0.39 is 0 Å². The van der Waals surface area contributed by atoms with Gasteiger partial charge in [0.1, 0.15) is 0 Å². The first-order valence-electron chi connectivity index (χ1n) is 4.35. The Morgan fingerprint density at radius 2 is 2.09 bits per heavy atom. The smallest absolute Gasteiger partial charge is 0.0935 e. The minimum Gasteiger partial charge on any atom is -0.298 e. The first kappa shape index (κ1) is 8.98. The lowest BCUT2D eigenvalue weighted by Crippen LogP contribution is -2.39. The van der Waals surface area contributed by atoms with E-state index in [1.54, 1.807) is 0 Å². The largest absolute Gasteiger partial charge is 0.298 e. The van der Waals surface area contributed by atoms with Gasteiger partial charge >= 0.3 is 0 Å². The van der Waals surface area contributed by atoms with Gasteiger partial charge in [0, 0.05) is 18.0 Å². The highest BCUT2D eigenvalue weighted by molar-refractivity contribution is 4.84. The molecule has 1 heterocycles. The van der Waals surface area contributed by atoms with Crippen LogP contribution in [0, 0.1) is 5.92 Å². The Morgan fingerprint density at radius 3 is 2.36 bits per heavy atom. The van der Waals surface area contributed by atoms with Crippen molar-refractivity contribution in [3.8, 4) is 0 Å². The topological polar surface area (TPSA) is 3.24 Å². The van der Waals surface area contributed by atoms with Crippen molar-refractivity contribution >= 4 is 0 Å². The van der Waals surface area contributed by atoms with E-state index in [2.05, 4.69) is 25.7 Å². The Balaban J connectivity index is 2.42. The second-order valence-corrected chi connectivity index (χ2v) is 4.43. The Bertz CT molecular complexity index is 128. The minimum atomic E-state index is -0.146. The highest BCUT2D eigenvalue weighted by atomic mass is 19.1. The molecule has 0 aliphatic carbocycles. The van der Waals surface area contributed by atoms with E-state index in [0.29, 0.717) is 5.92 Å². The van der Waals surface area contributed by atoms with Gasteiger partial charge in [-0.2, -0.15) is 0 Å². The zero-order chi connectivity index (χ0) is 8.48. The van der Waals surface area contributed by atoms with Crippen LogP contribution >= 0.6 is 0 Å². The van der Waals surface area contributed by atoms with Gasteiger partial charge in [-0.1, -0.05) is 0 Å². The number of nitrogens with zero attached hydrogens (tertiary/aromatic N) is 1. The highest BCUT2D eigenvalue weighted by Gasteiger charge is 2.29. The van der Waals surface area contributed by atoms with Crippen LogP contribution in [0.5, 0.6) is 0 Å². The van der Waals surface area contributed by atoms with Gasteiger partial charge in [0.25, 0.3) is 0 Å². The van der Waals surface area contributed by atoms with Crippen LogP contribution in [-0.4, -0.2) is 30.2 Å². The van der Waals surface area contributed by atoms with Crippen molar-refractivity contribution in [3.05, 3.63) is 0 Å². The van der Waals surface area contributed by atoms with Crippen molar-refractivity contribution in [3.63, 3.8) is 0 Å². The third-order valence-electron chi connectivity index (χ3n) is 2.45. The molecule has 1 fully saturated rings. The molecule has 0 unspecified atom stereocenters. The number of halogens is 1. The van der Waals surface area contributed by atoms with Gasteiger partial charge in [-0.3, -0.25) is 9.29 Å². The van der Waals surface area contributed by atoms with Gasteiger partial charge in [0.2, 0.25) is 0 Å². The maximum absolute atomic E-state index is 12.2. The fourth-order valence-electron chi connectivity index (χ4n) is 1.57. The summed E-state index contributed by atoms with van der Waals surface area (Å²) in [4.78, 5) is 2.36. The molecule has 0 aromatic heterocycles. The average Bonchev–Trinajstić information content (AvgIpc) is 2.32. The summed E-state index contributed by atoms with van der Waals surface area (Å²) in [5, 5.41) is 0. The van der Waals surface area contributed by atoms with E-state index in [0.717, 1.165) is 19.5 Å². The Kier molecular flexibility index (Phi) is 2.53. The van der Waals surface area contributed by atoms with E-state index in [4.69, 9.17) is 0 Å². The Hall–Kier alpha value is -0.110. The first-order valence-corrected chi connectivity index (χ1v) is 4.35. The van der Waals surface area contributed by atoms with Crippen LogP contribution in [0.15, 0.2) is 0 Å². The zero-order valence-electron chi connectivity index (χ0n) is 7.73. The number of hydrogen-bond acceptors (Lipinski definition) is 1. The SMILES string of the molecule is CC(C)(C)N1CC[C@H](CF)C1. The predicted molar refractivity (Wildman–Crippen MR) is 45.4 cm³/mol. The van der Waals surface area contributed by atoms with Crippen LogP contribution < -0.4 is 0 Å². The summed E-state index contributed by atoms with van der Waals surface area (Å²) in [6.07, 6.45) is 1.04. The lowest BCUT2D eigenvalue weighted by Gasteiger charge is -2.31. The number of alkyl halides is 1. The van der Waals surface area contributed by atoms with Crippen molar-refractivity contribution in [1.29, 1.82) is 0 Å². The Morgan fingerprint density at radius 1 is 1.45 bits per heavy atom. The van der Waals surface area contributed by atoms with Gasteiger partial charge in [0.15, 0.2) is 0 Å². The molecule has 1 nitrogen and oxygen atoms in total. The molecule has 1 rings (SSSR count). The van der Waals surface area contributed by atoms with Gasteiger partial charge in [-0.15, -0.1) is 0 Å². The molecule has 1 aliphatic rings. The third kappa shape index (κ3) is 2.16. The summed E-state index contributed by atoms with van der Waals surface area (Å²) in [6, 6.07) is 0. The van der Waals surface area contributed by atoms with E-state index >= 15 is 0 Å². The Labute approximate surface area is 68.6 Å². The molecule has 1 aliphatic heterocycles. The molecular formula is C9H18FN. The van der Waals surface area contributed by atoms with E-state index in [-0.39, 0.29) is 12.2 Å². The summed E-state index contributed by atoms with van der Waals surface area (Å²) >= 11 is 0. The molecule has 0 radical (unpaired) electrons. The summed E-state index contributed by atoms with van der Waals surface area (Å²) in [5.41, 5.74) is 0.226. The molecule has 0 amide bonds. The highest BCUT2D eigenvalue weighted by Crippen LogP contribution is 2.24. The quantitative estimate of drug-likeness (QED) is 0.566. The molecule has 1 saturated heterocycles. The average molecular weight is 159 g/mol. The van der Waals surface area contributed by atoms with Crippen LogP contribution in [0.1, 0.15) is 27.2 Å². The van der Waals surface area contributed by atoms with E-state index in [9.17, 15) is 4.39 Å². The van der Waals surface area contributed by atoms with Crippen LogP contribution in [0.4, 0.5) is 4.39 Å². The number of hydrogen-bond donors (Lipinski definition) is 0. The minimum absolute atomic E-state index is 0.146. The van der Waals surface area contributed by atoms with Gasteiger partial charge in [-0.05, 0) is 33.7 Å². The summed E-state index contributed by atoms with van der Waals surface area (Å²) in [5.74, 6) is 0.300. The molecule has 0 aromatic rings. The monoisotopic (exact) mass is 159 g/mol. The maximum atomic E-state index is 12.2. The number of likely N-dealkylation sites (tertiary alicyclic amines) is 1. The van der Waals surface area contributed by atoms with Crippen molar-refractivity contribution in [1.82, 2.24) is 4.90 Å². The van der Waals surface area contributed by atoms with Gasteiger partial charge < -0.3 is 0 Å². The maximum Gasteiger partial charge on any atom is 0.0935 e. The summed E-state index contributed by atoms with van der Waals surface area (Å²) < 4.78 is 12.2. The van der Waals surface area contributed by atoms with Crippen molar-refractivity contribution < 1.29 is 4.39 Å². The molecule has 0 N–H and O–H groups in total. The predicted octanol–water partition coefficient (Wildman–Crippen LogP) is 2.08. The van der Waals surface area contributed by atoms with Crippen LogP contribution in [-0.2, 0) is 0 Å². The molecule has 11 heavy (non-hydrogen) atoms. The fourth-order valence-corrected chi connectivity index (χ4v) is 1.57.